The summed E-state index contributed by atoms with van der Waals surface area (Å²) in [6.45, 7) is 0. The Labute approximate surface area is 110 Å². The molecular formula is C15H24N2O. The summed E-state index contributed by atoms with van der Waals surface area (Å²) in [5, 5.41) is 12.2. The van der Waals surface area contributed by atoms with Gasteiger partial charge in [0, 0.05) is 6.42 Å². The van der Waals surface area contributed by atoms with Crippen LogP contribution in [0.5, 0.6) is 0 Å². The summed E-state index contributed by atoms with van der Waals surface area (Å²) in [7, 11) is 0. The van der Waals surface area contributed by atoms with Gasteiger partial charge in [-0.1, -0.05) is 32.1 Å². The van der Waals surface area contributed by atoms with Crippen LogP contribution in [0.25, 0.3) is 0 Å². The Morgan fingerprint density at radius 2 is 1.72 bits per heavy atom. The highest BCUT2D eigenvalue weighted by atomic mass is 16.1. The number of carbonyl (C=O) groups excluding carboxylic acids is 1. The van der Waals surface area contributed by atoms with Crippen molar-refractivity contribution in [3.8, 4) is 6.07 Å². The number of nitrogens with one attached hydrogen (secondary N) is 1. The Morgan fingerprint density at radius 1 is 1.11 bits per heavy atom. The third-order valence-electron chi connectivity index (χ3n) is 4.53. The second-order valence-corrected chi connectivity index (χ2v) is 5.93. The first-order valence-corrected chi connectivity index (χ1v) is 7.48. The number of rotatable bonds is 4. The van der Waals surface area contributed by atoms with E-state index in [0.717, 1.165) is 12.8 Å². The third-order valence-corrected chi connectivity index (χ3v) is 4.53. The molecule has 3 heteroatoms. The lowest BCUT2D eigenvalue weighted by molar-refractivity contribution is -0.122. The molecule has 0 aromatic heterocycles. The summed E-state index contributed by atoms with van der Waals surface area (Å²) >= 11 is 0. The van der Waals surface area contributed by atoms with E-state index in [4.69, 9.17) is 0 Å². The van der Waals surface area contributed by atoms with Gasteiger partial charge in [0.2, 0.25) is 5.91 Å². The van der Waals surface area contributed by atoms with Gasteiger partial charge in [0.15, 0.2) is 0 Å². The average Bonchev–Trinajstić information content (AvgIpc) is 2.90. The molecule has 3 nitrogen and oxygen atoms in total. The molecule has 100 valence electrons. The molecule has 1 unspecified atom stereocenters. The summed E-state index contributed by atoms with van der Waals surface area (Å²) in [4.78, 5) is 11.9. The molecule has 2 rings (SSSR count). The van der Waals surface area contributed by atoms with Crippen molar-refractivity contribution in [1.82, 2.24) is 5.32 Å². The Bertz CT molecular complexity index is 309. The molecule has 2 aliphatic carbocycles. The predicted octanol–water partition coefficient (Wildman–Crippen LogP) is 3.16. The van der Waals surface area contributed by atoms with Crippen LogP contribution in [0, 0.1) is 23.2 Å². The van der Waals surface area contributed by atoms with Crippen LogP contribution in [0.2, 0.25) is 0 Å². The number of nitriles is 1. The molecule has 2 saturated carbocycles. The first-order valence-electron chi connectivity index (χ1n) is 7.48. The number of nitrogens with zero attached hydrogens (tertiary/aromatic N) is 1. The fourth-order valence-corrected chi connectivity index (χ4v) is 3.43. The molecule has 0 aromatic carbocycles. The third kappa shape index (κ3) is 3.73. The van der Waals surface area contributed by atoms with Crippen LogP contribution in [0.1, 0.15) is 64.2 Å². The van der Waals surface area contributed by atoms with Gasteiger partial charge in [0.1, 0.15) is 6.04 Å². The molecule has 2 fully saturated rings. The SMILES string of the molecule is N#CC(NC(=O)CC1CCCC1)C1CCCCC1. The van der Waals surface area contributed by atoms with Crippen LogP contribution < -0.4 is 5.32 Å². The molecule has 1 N–H and O–H groups in total. The van der Waals surface area contributed by atoms with Crippen LogP contribution in [0.4, 0.5) is 0 Å². The normalized spacial score (nSPS) is 23.5. The van der Waals surface area contributed by atoms with Gasteiger partial charge in [-0.05, 0) is 37.5 Å². The molecule has 0 bridgehead atoms. The maximum Gasteiger partial charge on any atom is 0.221 e. The second kappa shape index (κ2) is 6.78. The molecule has 0 aliphatic heterocycles. The van der Waals surface area contributed by atoms with Crippen molar-refractivity contribution in [3.05, 3.63) is 0 Å². The Morgan fingerprint density at radius 3 is 2.33 bits per heavy atom. The zero-order valence-corrected chi connectivity index (χ0v) is 11.2. The highest BCUT2D eigenvalue weighted by Gasteiger charge is 2.26. The maximum absolute atomic E-state index is 11.9. The summed E-state index contributed by atoms with van der Waals surface area (Å²) < 4.78 is 0. The topological polar surface area (TPSA) is 52.9 Å². The van der Waals surface area contributed by atoms with Crippen LogP contribution in [0.15, 0.2) is 0 Å². The van der Waals surface area contributed by atoms with Crippen LogP contribution in [-0.4, -0.2) is 11.9 Å². The highest BCUT2D eigenvalue weighted by Crippen LogP contribution is 2.28. The first kappa shape index (κ1) is 13.4. The van der Waals surface area contributed by atoms with Crippen molar-refractivity contribution < 1.29 is 4.79 Å². The van der Waals surface area contributed by atoms with Gasteiger partial charge in [0.05, 0.1) is 6.07 Å². The second-order valence-electron chi connectivity index (χ2n) is 5.93. The Hall–Kier alpha value is -1.04. The minimum absolute atomic E-state index is 0.0963. The van der Waals surface area contributed by atoms with E-state index in [1.54, 1.807) is 0 Å². The summed E-state index contributed by atoms with van der Waals surface area (Å²) in [5.41, 5.74) is 0. The largest absolute Gasteiger partial charge is 0.340 e. The highest BCUT2D eigenvalue weighted by molar-refractivity contribution is 5.76. The van der Waals surface area contributed by atoms with Gasteiger partial charge in [-0.2, -0.15) is 5.26 Å². The van der Waals surface area contributed by atoms with Crippen molar-refractivity contribution in [2.45, 2.75) is 70.3 Å². The van der Waals surface area contributed by atoms with E-state index in [0.29, 0.717) is 18.3 Å². The Balaban J connectivity index is 1.77. The monoisotopic (exact) mass is 248 g/mol. The molecule has 2 aliphatic rings. The maximum atomic E-state index is 11.9. The molecule has 18 heavy (non-hydrogen) atoms. The average molecular weight is 248 g/mol. The number of hydrogen-bond acceptors (Lipinski definition) is 2. The van der Waals surface area contributed by atoms with Crippen molar-refractivity contribution in [2.75, 3.05) is 0 Å². The van der Waals surface area contributed by atoms with Crippen molar-refractivity contribution in [3.63, 3.8) is 0 Å². The molecule has 0 heterocycles. The van der Waals surface area contributed by atoms with Gasteiger partial charge in [-0.3, -0.25) is 4.79 Å². The van der Waals surface area contributed by atoms with E-state index in [-0.39, 0.29) is 11.9 Å². The van der Waals surface area contributed by atoms with E-state index in [1.165, 1.54) is 44.9 Å². The van der Waals surface area contributed by atoms with E-state index in [2.05, 4.69) is 11.4 Å². The molecule has 1 atom stereocenters. The van der Waals surface area contributed by atoms with Gasteiger partial charge in [0.25, 0.3) is 0 Å². The zero-order chi connectivity index (χ0) is 12.8. The van der Waals surface area contributed by atoms with Gasteiger partial charge < -0.3 is 5.32 Å². The lowest BCUT2D eigenvalue weighted by atomic mass is 9.84. The van der Waals surface area contributed by atoms with Crippen LogP contribution in [-0.2, 0) is 4.79 Å². The number of hydrogen-bond donors (Lipinski definition) is 1. The quantitative estimate of drug-likeness (QED) is 0.831. The summed E-state index contributed by atoms with van der Waals surface area (Å²) in [6, 6.07) is 2.04. The zero-order valence-electron chi connectivity index (χ0n) is 11.2. The molecule has 0 saturated heterocycles. The number of carbonyl (C=O) groups is 1. The van der Waals surface area contributed by atoms with Crippen molar-refractivity contribution >= 4 is 5.91 Å². The van der Waals surface area contributed by atoms with Gasteiger partial charge in [-0.15, -0.1) is 0 Å². The predicted molar refractivity (Wildman–Crippen MR) is 70.7 cm³/mol. The standard InChI is InChI=1S/C15H24N2O/c16-11-14(13-8-2-1-3-9-13)17-15(18)10-12-6-4-5-7-12/h12-14H,1-10H2,(H,17,18). The van der Waals surface area contributed by atoms with Gasteiger partial charge in [-0.25, -0.2) is 0 Å². The number of amides is 1. The molecule has 1 amide bonds. The molecule has 0 spiro atoms. The molecule has 0 aromatic rings. The van der Waals surface area contributed by atoms with Crippen LogP contribution >= 0.6 is 0 Å². The van der Waals surface area contributed by atoms with E-state index in [1.807, 2.05) is 0 Å². The molecular weight excluding hydrogens is 224 g/mol. The van der Waals surface area contributed by atoms with E-state index >= 15 is 0 Å². The fourth-order valence-electron chi connectivity index (χ4n) is 3.43. The lowest BCUT2D eigenvalue weighted by Gasteiger charge is -2.26. The molecule has 0 radical (unpaired) electrons. The Kier molecular flexibility index (Phi) is 5.04. The first-order chi connectivity index (χ1) is 8.79. The van der Waals surface area contributed by atoms with Crippen molar-refractivity contribution in [1.29, 1.82) is 5.26 Å². The van der Waals surface area contributed by atoms with Crippen molar-refractivity contribution in [2.24, 2.45) is 11.8 Å². The van der Waals surface area contributed by atoms with Crippen LogP contribution in [0.3, 0.4) is 0 Å². The van der Waals surface area contributed by atoms with Gasteiger partial charge >= 0.3 is 0 Å². The van der Waals surface area contributed by atoms with E-state index < -0.39 is 0 Å². The minimum Gasteiger partial charge on any atom is -0.340 e. The smallest absolute Gasteiger partial charge is 0.221 e. The summed E-state index contributed by atoms with van der Waals surface area (Å²) in [5.74, 6) is 1.05. The minimum atomic E-state index is -0.251. The lowest BCUT2D eigenvalue weighted by Crippen LogP contribution is -2.40. The van der Waals surface area contributed by atoms with E-state index in [9.17, 15) is 10.1 Å². The fraction of sp³-hybridized carbons (Fsp3) is 0.867. The summed E-state index contributed by atoms with van der Waals surface area (Å²) in [6.07, 6.45) is 11.4.